The van der Waals surface area contributed by atoms with Crippen molar-refractivity contribution in [2.45, 2.75) is 39.3 Å². The summed E-state index contributed by atoms with van der Waals surface area (Å²) in [5.74, 6) is 0. The third kappa shape index (κ3) is 3.74. The van der Waals surface area contributed by atoms with Crippen molar-refractivity contribution in [1.82, 2.24) is 0 Å². The molecule has 1 unspecified atom stereocenters. The van der Waals surface area contributed by atoms with Gasteiger partial charge in [-0.1, -0.05) is 18.2 Å². The third-order valence-electron chi connectivity index (χ3n) is 2.46. The summed E-state index contributed by atoms with van der Waals surface area (Å²) in [6, 6.07) is 7.43. The Morgan fingerprint density at radius 3 is 2.39 bits per heavy atom. The number of hydrogen-bond donors (Lipinski definition) is 1. The zero-order valence-electron chi connectivity index (χ0n) is 11.7. The molecule has 0 saturated carbocycles. The first kappa shape index (κ1) is 14.5. The fourth-order valence-electron chi connectivity index (χ4n) is 1.61. The van der Waals surface area contributed by atoms with Crippen LogP contribution in [0.4, 0.5) is 10.5 Å². The van der Waals surface area contributed by atoms with Crippen LogP contribution in [0.25, 0.3) is 0 Å². The maximum absolute atomic E-state index is 12.0. The summed E-state index contributed by atoms with van der Waals surface area (Å²) in [5.41, 5.74) is 7.10. The van der Waals surface area contributed by atoms with E-state index in [2.05, 4.69) is 0 Å². The molecule has 4 heteroatoms. The van der Waals surface area contributed by atoms with E-state index in [-0.39, 0.29) is 12.1 Å². The van der Waals surface area contributed by atoms with Crippen LogP contribution in [-0.4, -0.2) is 18.7 Å². The van der Waals surface area contributed by atoms with Crippen LogP contribution in [0.3, 0.4) is 0 Å². The molecule has 1 aromatic carbocycles. The molecule has 0 bridgehead atoms. The molecule has 4 nitrogen and oxygen atoms in total. The predicted octanol–water partition coefficient (Wildman–Crippen LogP) is 3.08. The van der Waals surface area contributed by atoms with Gasteiger partial charge in [-0.25, -0.2) is 4.79 Å². The topological polar surface area (TPSA) is 55.6 Å². The summed E-state index contributed by atoms with van der Waals surface area (Å²) in [6.07, 6.45) is -0.379. The van der Waals surface area contributed by atoms with E-state index in [0.717, 1.165) is 11.3 Å². The maximum Gasteiger partial charge on any atom is 0.414 e. The van der Waals surface area contributed by atoms with E-state index in [4.69, 9.17) is 10.5 Å². The fourth-order valence-corrected chi connectivity index (χ4v) is 1.61. The normalized spacial score (nSPS) is 13.0. The second kappa shape index (κ2) is 5.40. The minimum atomic E-state index is -0.505. The lowest BCUT2D eigenvalue weighted by Gasteiger charge is -2.26. The SMILES string of the molecule is CC(N)c1ccccc1N(C)C(=O)OC(C)(C)C. The van der Waals surface area contributed by atoms with Gasteiger partial charge in [0.05, 0.1) is 5.69 Å². The number of hydrogen-bond acceptors (Lipinski definition) is 3. The lowest BCUT2D eigenvalue weighted by molar-refractivity contribution is 0.0589. The van der Waals surface area contributed by atoms with Gasteiger partial charge in [0.2, 0.25) is 0 Å². The number of amides is 1. The molecule has 2 N–H and O–H groups in total. The van der Waals surface area contributed by atoms with Crippen LogP contribution in [0.1, 0.15) is 39.3 Å². The maximum atomic E-state index is 12.0. The Hall–Kier alpha value is -1.55. The molecule has 18 heavy (non-hydrogen) atoms. The van der Waals surface area contributed by atoms with Crippen LogP contribution in [0, 0.1) is 0 Å². The quantitative estimate of drug-likeness (QED) is 0.877. The van der Waals surface area contributed by atoms with Gasteiger partial charge in [0.1, 0.15) is 5.60 Å². The van der Waals surface area contributed by atoms with Crippen LogP contribution in [0.2, 0.25) is 0 Å². The van der Waals surface area contributed by atoms with E-state index in [0.29, 0.717) is 0 Å². The van der Waals surface area contributed by atoms with Gasteiger partial charge in [0.25, 0.3) is 0 Å². The van der Waals surface area contributed by atoms with Gasteiger partial charge in [-0.2, -0.15) is 0 Å². The highest BCUT2D eigenvalue weighted by Crippen LogP contribution is 2.25. The molecule has 100 valence electrons. The molecule has 0 aliphatic carbocycles. The van der Waals surface area contributed by atoms with Gasteiger partial charge < -0.3 is 10.5 Å². The van der Waals surface area contributed by atoms with Crippen molar-refractivity contribution in [2.75, 3.05) is 11.9 Å². The number of nitrogens with zero attached hydrogens (tertiary/aromatic N) is 1. The molecule has 0 aromatic heterocycles. The average molecular weight is 250 g/mol. The van der Waals surface area contributed by atoms with Crippen LogP contribution >= 0.6 is 0 Å². The molecule has 1 aromatic rings. The summed E-state index contributed by atoms with van der Waals surface area (Å²) in [6.45, 7) is 7.42. The summed E-state index contributed by atoms with van der Waals surface area (Å²) in [4.78, 5) is 13.5. The molecular weight excluding hydrogens is 228 g/mol. The number of carbonyl (C=O) groups is 1. The monoisotopic (exact) mass is 250 g/mol. The molecule has 0 radical (unpaired) electrons. The highest BCUT2D eigenvalue weighted by Gasteiger charge is 2.22. The Morgan fingerprint density at radius 2 is 1.89 bits per heavy atom. The summed E-state index contributed by atoms with van der Waals surface area (Å²) in [5, 5.41) is 0. The van der Waals surface area contributed by atoms with E-state index in [1.807, 2.05) is 52.0 Å². The minimum absolute atomic E-state index is 0.133. The van der Waals surface area contributed by atoms with Crippen LogP contribution in [0.15, 0.2) is 24.3 Å². The summed E-state index contributed by atoms with van der Waals surface area (Å²) in [7, 11) is 1.69. The molecule has 0 spiro atoms. The molecule has 0 aliphatic rings. The predicted molar refractivity (Wildman–Crippen MR) is 73.7 cm³/mol. The first-order valence-corrected chi connectivity index (χ1v) is 6.03. The van der Waals surface area contributed by atoms with Gasteiger partial charge in [-0.3, -0.25) is 4.90 Å². The lowest BCUT2D eigenvalue weighted by atomic mass is 10.1. The zero-order chi connectivity index (χ0) is 13.9. The van der Waals surface area contributed by atoms with Crippen molar-refractivity contribution in [3.8, 4) is 0 Å². The molecule has 0 aliphatic heterocycles. The molecule has 0 fully saturated rings. The number of ether oxygens (including phenoxy) is 1. The first-order chi connectivity index (χ1) is 8.22. The molecule has 1 rings (SSSR count). The molecule has 1 amide bonds. The number of rotatable bonds is 2. The molecule has 1 atom stereocenters. The highest BCUT2D eigenvalue weighted by atomic mass is 16.6. The van der Waals surface area contributed by atoms with E-state index in [1.54, 1.807) is 7.05 Å². The molecule has 0 saturated heterocycles. The Kier molecular flexibility index (Phi) is 4.35. The van der Waals surface area contributed by atoms with E-state index < -0.39 is 5.60 Å². The van der Waals surface area contributed by atoms with Crippen LogP contribution in [-0.2, 0) is 4.74 Å². The smallest absolute Gasteiger partial charge is 0.414 e. The van der Waals surface area contributed by atoms with Crippen LogP contribution < -0.4 is 10.6 Å². The highest BCUT2D eigenvalue weighted by molar-refractivity contribution is 5.88. The van der Waals surface area contributed by atoms with Gasteiger partial charge >= 0.3 is 6.09 Å². The van der Waals surface area contributed by atoms with Gasteiger partial charge in [0, 0.05) is 13.1 Å². The van der Waals surface area contributed by atoms with E-state index >= 15 is 0 Å². The van der Waals surface area contributed by atoms with Crippen molar-refractivity contribution in [2.24, 2.45) is 5.73 Å². The minimum Gasteiger partial charge on any atom is -0.443 e. The van der Waals surface area contributed by atoms with Crippen molar-refractivity contribution in [3.63, 3.8) is 0 Å². The summed E-state index contributed by atoms with van der Waals surface area (Å²) >= 11 is 0. The van der Waals surface area contributed by atoms with Gasteiger partial charge in [-0.15, -0.1) is 0 Å². The standard InChI is InChI=1S/C14H22N2O2/c1-10(15)11-8-6-7-9-12(11)16(5)13(17)18-14(2,3)4/h6-10H,15H2,1-5H3. The van der Waals surface area contributed by atoms with Gasteiger partial charge in [-0.05, 0) is 39.3 Å². The van der Waals surface area contributed by atoms with E-state index in [9.17, 15) is 4.79 Å². The van der Waals surface area contributed by atoms with Crippen molar-refractivity contribution in [3.05, 3.63) is 29.8 Å². The number of carbonyl (C=O) groups excluding carboxylic acids is 1. The fraction of sp³-hybridized carbons (Fsp3) is 0.500. The number of benzene rings is 1. The second-order valence-electron chi connectivity index (χ2n) is 5.39. The van der Waals surface area contributed by atoms with Gasteiger partial charge in [0.15, 0.2) is 0 Å². The Balaban J connectivity index is 2.97. The van der Waals surface area contributed by atoms with Crippen molar-refractivity contribution < 1.29 is 9.53 Å². The Bertz CT molecular complexity index is 422. The van der Waals surface area contributed by atoms with Crippen molar-refractivity contribution in [1.29, 1.82) is 0 Å². The van der Waals surface area contributed by atoms with E-state index in [1.165, 1.54) is 4.90 Å². The number of nitrogens with two attached hydrogens (primary N) is 1. The third-order valence-corrected chi connectivity index (χ3v) is 2.46. The zero-order valence-corrected chi connectivity index (χ0v) is 11.7. The first-order valence-electron chi connectivity index (χ1n) is 6.03. The Morgan fingerprint density at radius 1 is 1.33 bits per heavy atom. The molecular formula is C14H22N2O2. The largest absolute Gasteiger partial charge is 0.443 e. The second-order valence-corrected chi connectivity index (χ2v) is 5.39. The molecule has 0 heterocycles. The lowest BCUT2D eigenvalue weighted by Crippen LogP contribution is -2.35. The summed E-state index contributed by atoms with van der Waals surface area (Å²) < 4.78 is 5.33. The van der Waals surface area contributed by atoms with Crippen molar-refractivity contribution >= 4 is 11.8 Å². The number of para-hydroxylation sites is 1. The Labute approximate surface area is 109 Å². The number of anilines is 1. The van der Waals surface area contributed by atoms with Crippen LogP contribution in [0.5, 0.6) is 0 Å². The average Bonchev–Trinajstić information content (AvgIpc) is 2.25.